The van der Waals surface area contributed by atoms with Gasteiger partial charge in [-0.05, 0) is 64.0 Å². The van der Waals surface area contributed by atoms with Gasteiger partial charge in [-0.15, -0.1) is 0 Å². The van der Waals surface area contributed by atoms with Gasteiger partial charge in [0.2, 0.25) is 16.6 Å². The van der Waals surface area contributed by atoms with Crippen LogP contribution in [0.1, 0.15) is 39.5 Å². The molecule has 0 spiro atoms. The lowest BCUT2D eigenvalue weighted by molar-refractivity contribution is -0.126. The molecule has 0 aromatic heterocycles. The van der Waals surface area contributed by atoms with Gasteiger partial charge < -0.3 is 29.2 Å². The summed E-state index contributed by atoms with van der Waals surface area (Å²) >= 11 is 0. The molecule has 0 heterocycles. The highest BCUT2D eigenvalue weighted by atomic mass is 28.4. The average molecular weight is 499 g/mol. The van der Waals surface area contributed by atoms with Crippen molar-refractivity contribution in [2.45, 2.75) is 90.0 Å². The molecule has 32 heavy (non-hydrogen) atoms. The third kappa shape index (κ3) is 20.7. The standard InChI is InChI=1S/C22H50O8Si2/c1-7-11-25-17-21(23)19-27-13-9-15-31(3,4)29-30-32(5,6)16-10-14-28-20-22(24)18-26-12-8-2/h21-24H,7-20H2,1-6H3. The van der Waals surface area contributed by atoms with Crippen molar-refractivity contribution in [1.82, 2.24) is 0 Å². The third-order valence-corrected chi connectivity index (χ3v) is 8.92. The molecule has 2 atom stereocenters. The third-order valence-electron chi connectivity index (χ3n) is 4.57. The van der Waals surface area contributed by atoms with E-state index in [1.54, 1.807) is 0 Å². The van der Waals surface area contributed by atoms with Crippen LogP contribution >= 0.6 is 0 Å². The molecule has 0 aromatic rings. The molecule has 0 aliphatic rings. The van der Waals surface area contributed by atoms with Crippen LogP contribution in [0.15, 0.2) is 0 Å². The zero-order valence-electron chi connectivity index (χ0n) is 21.4. The molecule has 0 radical (unpaired) electrons. The molecule has 2 unspecified atom stereocenters. The molecular weight excluding hydrogens is 448 g/mol. The number of rotatable bonds is 23. The van der Waals surface area contributed by atoms with Crippen molar-refractivity contribution in [3.05, 3.63) is 0 Å². The highest BCUT2D eigenvalue weighted by Gasteiger charge is 2.30. The smallest absolute Gasteiger partial charge is 0.231 e. The van der Waals surface area contributed by atoms with Crippen molar-refractivity contribution >= 4 is 16.6 Å². The quantitative estimate of drug-likeness (QED) is 0.0952. The Labute approximate surface area is 198 Å². The average Bonchev–Trinajstić information content (AvgIpc) is 2.72. The Bertz CT molecular complexity index is 389. The first-order chi connectivity index (χ1) is 15.1. The van der Waals surface area contributed by atoms with E-state index in [-0.39, 0.29) is 0 Å². The monoisotopic (exact) mass is 498 g/mol. The number of hydrogen-bond donors (Lipinski definition) is 2. The summed E-state index contributed by atoms with van der Waals surface area (Å²) in [5.41, 5.74) is 0. The highest BCUT2D eigenvalue weighted by molar-refractivity contribution is 6.73. The van der Waals surface area contributed by atoms with Gasteiger partial charge in [-0.25, -0.2) is 0 Å². The normalized spacial score (nSPS) is 14.6. The van der Waals surface area contributed by atoms with Gasteiger partial charge in [0.05, 0.1) is 26.4 Å². The molecule has 0 saturated heterocycles. The van der Waals surface area contributed by atoms with Crippen LogP contribution in [0.2, 0.25) is 38.3 Å². The lowest BCUT2D eigenvalue weighted by atomic mass is 10.4. The van der Waals surface area contributed by atoms with Gasteiger partial charge in [-0.3, -0.25) is 9.15 Å². The van der Waals surface area contributed by atoms with Gasteiger partial charge >= 0.3 is 0 Å². The van der Waals surface area contributed by atoms with E-state index in [9.17, 15) is 10.2 Å². The zero-order valence-corrected chi connectivity index (χ0v) is 23.4. The minimum absolute atomic E-state index is 0.299. The molecule has 0 saturated carbocycles. The molecule has 2 N–H and O–H groups in total. The van der Waals surface area contributed by atoms with Gasteiger partial charge in [0.25, 0.3) is 0 Å². The van der Waals surface area contributed by atoms with Crippen molar-refractivity contribution < 1.29 is 38.3 Å². The lowest BCUT2D eigenvalue weighted by Gasteiger charge is -2.28. The Morgan fingerprint density at radius 3 is 1.19 bits per heavy atom. The molecule has 0 aliphatic heterocycles. The maximum atomic E-state index is 9.78. The topological polar surface area (TPSA) is 95.8 Å². The predicted molar refractivity (Wildman–Crippen MR) is 132 cm³/mol. The minimum Gasteiger partial charge on any atom is -0.388 e. The molecular formula is C22H50O8Si2. The number of aliphatic hydroxyl groups is 2. The Hall–Kier alpha value is 0.114. The Kier molecular flexibility index (Phi) is 19.5. The Morgan fingerprint density at radius 2 is 0.875 bits per heavy atom. The van der Waals surface area contributed by atoms with Gasteiger partial charge in [-0.2, -0.15) is 0 Å². The van der Waals surface area contributed by atoms with Crippen molar-refractivity contribution in [2.24, 2.45) is 0 Å². The molecule has 0 aromatic carbocycles. The fourth-order valence-corrected chi connectivity index (χ4v) is 6.73. The minimum atomic E-state index is -1.93. The van der Waals surface area contributed by atoms with Crippen molar-refractivity contribution in [3.63, 3.8) is 0 Å². The van der Waals surface area contributed by atoms with E-state index in [2.05, 4.69) is 26.2 Å². The van der Waals surface area contributed by atoms with Gasteiger partial charge in [0, 0.05) is 26.4 Å². The van der Waals surface area contributed by atoms with E-state index < -0.39 is 28.8 Å². The molecule has 0 rings (SSSR count). The lowest BCUT2D eigenvalue weighted by Crippen LogP contribution is -2.39. The molecule has 0 fully saturated rings. The summed E-state index contributed by atoms with van der Waals surface area (Å²) in [7, 11) is -3.87. The largest absolute Gasteiger partial charge is 0.388 e. The van der Waals surface area contributed by atoms with E-state index in [0.717, 1.165) is 37.8 Å². The van der Waals surface area contributed by atoms with Crippen molar-refractivity contribution in [1.29, 1.82) is 0 Å². The summed E-state index contributed by atoms with van der Waals surface area (Å²) in [6, 6.07) is 1.86. The van der Waals surface area contributed by atoms with Crippen LogP contribution in [0.25, 0.3) is 0 Å². The van der Waals surface area contributed by atoms with Crippen LogP contribution in [0, 0.1) is 0 Å². The summed E-state index contributed by atoms with van der Waals surface area (Å²) in [5, 5.41) is 19.6. The second kappa shape index (κ2) is 19.4. The molecule has 0 bridgehead atoms. The van der Waals surface area contributed by atoms with E-state index in [1.165, 1.54) is 0 Å². The SMILES string of the molecule is CCCOCC(O)COCCC[Si](C)(C)OO[Si](C)(C)CCCOCC(O)COCCC. The van der Waals surface area contributed by atoms with Crippen LogP contribution in [0.4, 0.5) is 0 Å². The second-order valence-corrected chi connectivity index (χ2v) is 17.9. The van der Waals surface area contributed by atoms with E-state index in [1.807, 2.05) is 13.8 Å². The number of aliphatic hydroxyl groups excluding tert-OH is 2. The van der Waals surface area contributed by atoms with E-state index >= 15 is 0 Å². The van der Waals surface area contributed by atoms with Gasteiger partial charge in [0.15, 0.2) is 0 Å². The van der Waals surface area contributed by atoms with E-state index in [0.29, 0.717) is 52.9 Å². The summed E-state index contributed by atoms with van der Waals surface area (Å²) in [4.78, 5) is 0. The molecule has 0 amide bonds. The predicted octanol–water partition coefficient (Wildman–Crippen LogP) is 3.73. The molecule has 10 heteroatoms. The maximum absolute atomic E-state index is 9.78. The van der Waals surface area contributed by atoms with Crippen LogP contribution in [0.3, 0.4) is 0 Å². The summed E-state index contributed by atoms with van der Waals surface area (Å²) in [5.74, 6) is 0. The van der Waals surface area contributed by atoms with Crippen molar-refractivity contribution in [2.75, 3.05) is 52.9 Å². The first-order valence-electron chi connectivity index (χ1n) is 12.2. The Balaban J connectivity index is 3.83. The zero-order chi connectivity index (χ0) is 24.3. The highest BCUT2D eigenvalue weighted by Crippen LogP contribution is 2.20. The fourth-order valence-electron chi connectivity index (χ4n) is 2.77. The first-order valence-corrected chi connectivity index (χ1v) is 18.4. The second-order valence-electron chi connectivity index (χ2n) is 9.50. The maximum Gasteiger partial charge on any atom is 0.231 e. The van der Waals surface area contributed by atoms with Gasteiger partial charge in [0.1, 0.15) is 12.2 Å². The van der Waals surface area contributed by atoms with Crippen molar-refractivity contribution in [3.8, 4) is 0 Å². The number of hydrogen-bond acceptors (Lipinski definition) is 8. The van der Waals surface area contributed by atoms with Crippen LogP contribution < -0.4 is 0 Å². The van der Waals surface area contributed by atoms with Crippen LogP contribution in [-0.4, -0.2) is 91.9 Å². The summed E-state index contributed by atoms with van der Waals surface area (Å²) in [6.45, 7) is 16.4. The van der Waals surface area contributed by atoms with Crippen LogP contribution in [0.5, 0.6) is 0 Å². The molecule has 0 aliphatic carbocycles. The fraction of sp³-hybridized carbons (Fsp3) is 1.00. The Morgan fingerprint density at radius 1 is 0.562 bits per heavy atom. The summed E-state index contributed by atoms with van der Waals surface area (Å²) in [6.07, 6.45) is 2.51. The number of ether oxygens (including phenoxy) is 4. The molecule has 8 nitrogen and oxygen atoms in total. The summed E-state index contributed by atoms with van der Waals surface area (Å²) < 4.78 is 33.6. The van der Waals surface area contributed by atoms with Crippen LogP contribution in [-0.2, 0) is 28.1 Å². The van der Waals surface area contributed by atoms with Gasteiger partial charge in [-0.1, -0.05) is 13.8 Å². The van der Waals surface area contributed by atoms with E-state index in [4.69, 9.17) is 28.1 Å². The first kappa shape index (κ1) is 32.1. The molecule has 194 valence electrons.